The molecule has 1 saturated heterocycles. The summed E-state index contributed by atoms with van der Waals surface area (Å²) in [6.07, 6.45) is 2.63. The van der Waals surface area contributed by atoms with Crippen LogP contribution in [0.3, 0.4) is 0 Å². The summed E-state index contributed by atoms with van der Waals surface area (Å²) in [6, 6.07) is 3.01. The van der Waals surface area contributed by atoms with Gasteiger partial charge in [-0.2, -0.15) is 0 Å². The van der Waals surface area contributed by atoms with Crippen molar-refractivity contribution in [2.24, 2.45) is 5.73 Å². The summed E-state index contributed by atoms with van der Waals surface area (Å²) >= 11 is 1.96. The van der Waals surface area contributed by atoms with E-state index in [9.17, 15) is 0 Å². The van der Waals surface area contributed by atoms with E-state index in [1.807, 2.05) is 11.3 Å². The SMILES string of the molecule is Cc1cc(C2CCCN2CCN)sc1C. The number of nitrogens with two attached hydrogens (primary N) is 1. The van der Waals surface area contributed by atoms with Crippen molar-refractivity contribution >= 4 is 11.3 Å². The number of hydrogen-bond acceptors (Lipinski definition) is 3. The van der Waals surface area contributed by atoms with Crippen LogP contribution >= 0.6 is 11.3 Å². The molecule has 1 atom stereocenters. The maximum absolute atomic E-state index is 5.65. The Balaban J connectivity index is 2.15. The van der Waals surface area contributed by atoms with Gasteiger partial charge < -0.3 is 5.73 Å². The molecule has 0 aromatic carbocycles. The molecule has 3 heteroatoms. The van der Waals surface area contributed by atoms with Crippen LogP contribution < -0.4 is 5.73 Å². The number of rotatable bonds is 3. The minimum absolute atomic E-state index is 0.644. The first kappa shape index (κ1) is 11.1. The van der Waals surface area contributed by atoms with Crippen LogP contribution in [0.15, 0.2) is 6.07 Å². The molecule has 1 fully saturated rings. The van der Waals surface area contributed by atoms with Gasteiger partial charge in [-0.1, -0.05) is 0 Å². The largest absolute Gasteiger partial charge is 0.329 e. The molecule has 1 aromatic rings. The van der Waals surface area contributed by atoms with Gasteiger partial charge in [0.1, 0.15) is 0 Å². The molecule has 1 aliphatic rings. The van der Waals surface area contributed by atoms with E-state index in [0.717, 1.165) is 13.1 Å². The molecule has 2 heterocycles. The maximum atomic E-state index is 5.65. The Morgan fingerprint density at radius 2 is 2.33 bits per heavy atom. The van der Waals surface area contributed by atoms with E-state index in [1.54, 1.807) is 0 Å². The van der Waals surface area contributed by atoms with Gasteiger partial charge >= 0.3 is 0 Å². The average Bonchev–Trinajstić information content (AvgIpc) is 2.76. The number of aryl methyl sites for hydroxylation is 2. The normalized spacial score (nSPS) is 22.5. The van der Waals surface area contributed by atoms with Crippen molar-refractivity contribution in [1.29, 1.82) is 0 Å². The van der Waals surface area contributed by atoms with Crippen molar-refractivity contribution in [2.45, 2.75) is 32.7 Å². The summed E-state index contributed by atoms with van der Waals surface area (Å²) in [4.78, 5) is 5.53. The molecule has 0 spiro atoms. The van der Waals surface area contributed by atoms with E-state index < -0.39 is 0 Å². The highest BCUT2D eigenvalue weighted by Crippen LogP contribution is 2.36. The predicted molar refractivity (Wildman–Crippen MR) is 66.4 cm³/mol. The summed E-state index contributed by atoms with van der Waals surface area (Å²) < 4.78 is 0. The zero-order valence-electron chi connectivity index (χ0n) is 9.62. The molecule has 2 rings (SSSR count). The van der Waals surface area contributed by atoms with E-state index in [4.69, 9.17) is 5.73 Å². The first-order valence-corrected chi connectivity index (χ1v) is 6.55. The summed E-state index contributed by atoms with van der Waals surface area (Å²) in [7, 11) is 0. The summed E-state index contributed by atoms with van der Waals surface area (Å²) in [5, 5.41) is 0. The molecule has 15 heavy (non-hydrogen) atoms. The number of hydrogen-bond donors (Lipinski definition) is 1. The third-order valence-corrected chi connectivity index (χ3v) is 4.55. The standard InChI is InChI=1S/C12H20N2S/c1-9-8-12(15-10(9)2)11-4-3-6-14(11)7-5-13/h8,11H,3-7,13H2,1-2H3. The van der Waals surface area contributed by atoms with Gasteiger partial charge in [0, 0.05) is 28.9 Å². The lowest BCUT2D eigenvalue weighted by atomic mass is 10.1. The van der Waals surface area contributed by atoms with Gasteiger partial charge in [0.25, 0.3) is 0 Å². The molecular formula is C12H20N2S. The lowest BCUT2D eigenvalue weighted by Gasteiger charge is -2.22. The van der Waals surface area contributed by atoms with E-state index >= 15 is 0 Å². The molecule has 2 nitrogen and oxygen atoms in total. The third kappa shape index (κ3) is 2.25. The second-order valence-corrected chi connectivity index (χ2v) is 5.66. The van der Waals surface area contributed by atoms with Gasteiger partial charge in [0.15, 0.2) is 0 Å². The fourth-order valence-electron chi connectivity index (χ4n) is 2.35. The van der Waals surface area contributed by atoms with Crippen molar-refractivity contribution in [1.82, 2.24) is 4.90 Å². The van der Waals surface area contributed by atoms with Gasteiger partial charge in [-0.05, 0) is 44.9 Å². The fraction of sp³-hybridized carbons (Fsp3) is 0.667. The second-order valence-electron chi connectivity index (χ2n) is 4.37. The Bertz CT molecular complexity index is 313. The Hall–Kier alpha value is -0.380. The first-order chi connectivity index (χ1) is 7.22. The van der Waals surface area contributed by atoms with Gasteiger partial charge in [-0.25, -0.2) is 0 Å². The highest BCUT2D eigenvalue weighted by atomic mass is 32.1. The van der Waals surface area contributed by atoms with E-state index in [2.05, 4.69) is 24.8 Å². The van der Waals surface area contributed by atoms with E-state index in [0.29, 0.717) is 6.04 Å². The molecule has 1 aromatic heterocycles. The molecule has 0 radical (unpaired) electrons. The topological polar surface area (TPSA) is 29.3 Å². The Kier molecular flexibility index (Phi) is 3.44. The van der Waals surface area contributed by atoms with Crippen LogP contribution in [0.2, 0.25) is 0 Å². The van der Waals surface area contributed by atoms with Crippen LogP contribution in [-0.2, 0) is 0 Å². The number of thiophene rings is 1. The molecule has 0 bridgehead atoms. The van der Waals surface area contributed by atoms with Crippen LogP contribution in [0.5, 0.6) is 0 Å². The Morgan fingerprint density at radius 1 is 1.53 bits per heavy atom. The fourth-order valence-corrected chi connectivity index (χ4v) is 3.56. The molecule has 1 aliphatic heterocycles. The molecule has 2 N–H and O–H groups in total. The Labute approximate surface area is 96.1 Å². The van der Waals surface area contributed by atoms with E-state index in [1.165, 1.54) is 34.7 Å². The monoisotopic (exact) mass is 224 g/mol. The molecule has 0 aliphatic carbocycles. The van der Waals surface area contributed by atoms with Gasteiger partial charge in [0.05, 0.1) is 0 Å². The summed E-state index contributed by atoms with van der Waals surface area (Å²) in [5.41, 5.74) is 7.08. The van der Waals surface area contributed by atoms with Crippen molar-refractivity contribution in [3.63, 3.8) is 0 Å². The highest BCUT2D eigenvalue weighted by Gasteiger charge is 2.26. The molecule has 0 amide bonds. The van der Waals surface area contributed by atoms with Crippen LogP contribution in [0.4, 0.5) is 0 Å². The zero-order chi connectivity index (χ0) is 10.8. The highest BCUT2D eigenvalue weighted by molar-refractivity contribution is 7.12. The number of nitrogens with zero attached hydrogens (tertiary/aromatic N) is 1. The van der Waals surface area contributed by atoms with Crippen molar-refractivity contribution in [3.8, 4) is 0 Å². The smallest absolute Gasteiger partial charge is 0.0442 e. The second kappa shape index (κ2) is 4.64. The molecule has 0 saturated carbocycles. The van der Waals surface area contributed by atoms with Crippen LogP contribution in [0.1, 0.15) is 34.2 Å². The van der Waals surface area contributed by atoms with Crippen molar-refractivity contribution in [2.75, 3.05) is 19.6 Å². The zero-order valence-corrected chi connectivity index (χ0v) is 10.4. The molecule has 1 unspecified atom stereocenters. The Morgan fingerprint density at radius 3 is 2.93 bits per heavy atom. The van der Waals surface area contributed by atoms with Gasteiger partial charge in [-0.15, -0.1) is 11.3 Å². The van der Waals surface area contributed by atoms with E-state index in [-0.39, 0.29) is 0 Å². The predicted octanol–water partition coefficient (Wildman–Crippen LogP) is 2.46. The lowest BCUT2D eigenvalue weighted by molar-refractivity contribution is 0.268. The van der Waals surface area contributed by atoms with Crippen molar-refractivity contribution in [3.05, 3.63) is 21.4 Å². The minimum Gasteiger partial charge on any atom is -0.329 e. The molecule has 84 valence electrons. The maximum Gasteiger partial charge on any atom is 0.0442 e. The third-order valence-electron chi connectivity index (χ3n) is 3.29. The number of likely N-dealkylation sites (tertiary alicyclic amines) is 1. The first-order valence-electron chi connectivity index (χ1n) is 5.73. The summed E-state index contributed by atoms with van der Waals surface area (Å²) in [6.45, 7) is 7.46. The van der Waals surface area contributed by atoms with Crippen molar-refractivity contribution < 1.29 is 0 Å². The minimum atomic E-state index is 0.644. The van der Waals surface area contributed by atoms with Gasteiger partial charge in [0.2, 0.25) is 0 Å². The van der Waals surface area contributed by atoms with Crippen LogP contribution in [0, 0.1) is 13.8 Å². The van der Waals surface area contributed by atoms with Gasteiger partial charge in [-0.3, -0.25) is 4.90 Å². The lowest BCUT2D eigenvalue weighted by Crippen LogP contribution is -2.28. The average molecular weight is 224 g/mol. The molecular weight excluding hydrogens is 204 g/mol. The van der Waals surface area contributed by atoms with Crippen LogP contribution in [-0.4, -0.2) is 24.5 Å². The quantitative estimate of drug-likeness (QED) is 0.854. The van der Waals surface area contributed by atoms with Crippen LogP contribution in [0.25, 0.3) is 0 Å². The summed E-state index contributed by atoms with van der Waals surface area (Å²) in [5.74, 6) is 0.